The summed E-state index contributed by atoms with van der Waals surface area (Å²) >= 11 is 0. The molecule has 2 amide bonds. The largest absolute Gasteiger partial charge is 0.466 e. The first-order chi connectivity index (χ1) is 10.9. The van der Waals surface area contributed by atoms with Crippen LogP contribution in [0.15, 0.2) is 10.5 Å². The van der Waals surface area contributed by atoms with Crippen LogP contribution in [0, 0.1) is 13.8 Å². The van der Waals surface area contributed by atoms with Crippen molar-refractivity contribution < 1.29 is 18.7 Å². The minimum atomic E-state index is -0.0848. The predicted octanol–water partition coefficient (Wildman–Crippen LogP) is 2.29. The number of nitrogens with zero attached hydrogens (tertiary/aromatic N) is 1. The van der Waals surface area contributed by atoms with E-state index in [0.29, 0.717) is 36.8 Å². The number of hydrogen-bond acceptors (Lipinski definition) is 4. The Bertz CT molecular complexity index is 525. The van der Waals surface area contributed by atoms with E-state index in [1.165, 1.54) is 0 Å². The van der Waals surface area contributed by atoms with Gasteiger partial charge in [-0.25, -0.2) is 0 Å². The van der Waals surface area contributed by atoms with Crippen molar-refractivity contribution in [2.45, 2.75) is 46.6 Å². The van der Waals surface area contributed by atoms with Gasteiger partial charge in [-0.3, -0.25) is 9.59 Å². The van der Waals surface area contributed by atoms with Crippen molar-refractivity contribution in [2.24, 2.45) is 0 Å². The first-order valence-corrected chi connectivity index (χ1v) is 8.04. The summed E-state index contributed by atoms with van der Waals surface area (Å²) in [6.07, 6.45) is 1.10. The van der Waals surface area contributed by atoms with Gasteiger partial charge in [-0.05, 0) is 33.3 Å². The molecule has 0 aliphatic heterocycles. The van der Waals surface area contributed by atoms with Crippen molar-refractivity contribution >= 4 is 11.8 Å². The lowest BCUT2D eigenvalue weighted by Gasteiger charge is -2.28. The van der Waals surface area contributed by atoms with Gasteiger partial charge in [0.25, 0.3) is 5.91 Å². The predicted molar refractivity (Wildman–Crippen MR) is 88.5 cm³/mol. The Balaban J connectivity index is 2.71. The highest BCUT2D eigenvalue weighted by Crippen LogP contribution is 2.18. The van der Waals surface area contributed by atoms with E-state index >= 15 is 0 Å². The summed E-state index contributed by atoms with van der Waals surface area (Å²) in [6, 6.07) is 1.81. The molecule has 1 N–H and O–H groups in total. The van der Waals surface area contributed by atoms with Gasteiger partial charge >= 0.3 is 0 Å². The van der Waals surface area contributed by atoms with E-state index in [1.807, 2.05) is 20.8 Å². The number of ether oxygens (including phenoxy) is 1. The van der Waals surface area contributed by atoms with Gasteiger partial charge in [0.05, 0.1) is 12.2 Å². The van der Waals surface area contributed by atoms with Crippen molar-refractivity contribution in [3.63, 3.8) is 0 Å². The van der Waals surface area contributed by atoms with E-state index < -0.39 is 0 Å². The van der Waals surface area contributed by atoms with Gasteiger partial charge in [0, 0.05) is 32.7 Å². The van der Waals surface area contributed by atoms with Gasteiger partial charge in [0.2, 0.25) is 5.91 Å². The number of furan rings is 1. The molecule has 1 atom stereocenters. The molecule has 6 heteroatoms. The van der Waals surface area contributed by atoms with Crippen LogP contribution in [0.4, 0.5) is 0 Å². The molecule has 1 aromatic rings. The summed E-state index contributed by atoms with van der Waals surface area (Å²) in [7, 11) is 1.59. The zero-order valence-electron chi connectivity index (χ0n) is 14.8. The second kappa shape index (κ2) is 9.35. The molecule has 0 fully saturated rings. The average Bonchev–Trinajstić information content (AvgIpc) is 2.85. The maximum absolute atomic E-state index is 12.8. The molecule has 0 aliphatic rings. The number of nitrogens with one attached hydrogen (secondary N) is 1. The number of aryl methyl sites for hydroxylation is 2. The monoisotopic (exact) mass is 324 g/mol. The van der Waals surface area contributed by atoms with Crippen LogP contribution in [0.5, 0.6) is 0 Å². The summed E-state index contributed by atoms with van der Waals surface area (Å²) in [4.78, 5) is 26.3. The third kappa shape index (κ3) is 5.71. The fraction of sp³-hybridized carbons (Fsp3) is 0.647. The Morgan fingerprint density at radius 3 is 2.61 bits per heavy atom. The molecule has 0 aliphatic carbocycles. The van der Waals surface area contributed by atoms with Gasteiger partial charge < -0.3 is 19.4 Å². The Morgan fingerprint density at radius 1 is 1.39 bits per heavy atom. The summed E-state index contributed by atoms with van der Waals surface area (Å²) in [6.45, 7) is 8.96. The molecule has 1 aromatic heterocycles. The van der Waals surface area contributed by atoms with Gasteiger partial charge in [-0.15, -0.1) is 0 Å². The number of amides is 2. The lowest BCUT2D eigenvalue weighted by Crippen LogP contribution is -2.41. The van der Waals surface area contributed by atoms with E-state index in [9.17, 15) is 9.59 Å². The molecule has 1 rings (SSSR count). The minimum Gasteiger partial charge on any atom is -0.466 e. The third-order valence-electron chi connectivity index (χ3n) is 3.86. The zero-order chi connectivity index (χ0) is 17.4. The Hall–Kier alpha value is -1.82. The second-order valence-corrected chi connectivity index (χ2v) is 5.68. The molecule has 130 valence electrons. The van der Waals surface area contributed by atoms with E-state index in [4.69, 9.17) is 9.15 Å². The van der Waals surface area contributed by atoms with Crippen molar-refractivity contribution in [3.05, 3.63) is 23.2 Å². The molecule has 0 unspecified atom stereocenters. The number of methoxy groups -OCH3 is 1. The standard InChI is InChI=1S/C17H28N2O4/c1-6-12(2)19(9-7-16(20)18-8-10-22-5)17(21)15-11-13(3)23-14(15)4/h11-12H,6-10H2,1-5H3,(H,18,20)/t12-/m1/s1. The minimum absolute atomic E-state index is 0.0591. The molecule has 1 heterocycles. The van der Waals surface area contributed by atoms with Crippen LogP contribution in [0.25, 0.3) is 0 Å². The van der Waals surface area contributed by atoms with Crippen LogP contribution in [-0.2, 0) is 9.53 Å². The van der Waals surface area contributed by atoms with Crippen LogP contribution >= 0.6 is 0 Å². The zero-order valence-corrected chi connectivity index (χ0v) is 14.8. The highest BCUT2D eigenvalue weighted by atomic mass is 16.5. The quantitative estimate of drug-likeness (QED) is 0.708. The van der Waals surface area contributed by atoms with Gasteiger partial charge in [-0.2, -0.15) is 0 Å². The summed E-state index contributed by atoms with van der Waals surface area (Å²) in [5.41, 5.74) is 0.572. The Morgan fingerprint density at radius 2 is 2.09 bits per heavy atom. The number of carbonyl (C=O) groups excluding carboxylic acids is 2. The van der Waals surface area contributed by atoms with E-state index in [2.05, 4.69) is 5.32 Å². The first-order valence-electron chi connectivity index (χ1n) is 8.04. The fourth-order valence-electron chi connectivity index (χ4n) is 2.34. The van der Waals surface area contributed by atoms with Crippen LogP contribution in [0.1, 0.15) is 48.6 Å². The maximum Gasteiger partial charge on any atom is 0.257 e. The van der Waals surface area contributed by atoms with Gasteiger partial charge in [0.1, 0.15) is 11.5 Å². The van der Waals surface area contributed by atoms with E-state index in [0.717, 1.165) is 6.42 Å². The molecular formula is C17H28N2O4. The number of rotatable bonds is 9. The van der Waals surface area contributed by atoms with E-state index in [1.54, 1.807) is 25.0 Å². The first kappa shape index (κ1) is 19.2. The van der Waals surface area contributed by atoms with Gasteiger partial charge in [0.15, 0.2) is 0 Å². The topological polar surface area (TPSA) is 71.8 Å². The van der Waals surface area contributed by atoms with Crippen LogP contribution in [0.2, 0.25) is 0 Å². The fourth-order valence-corrected chi connectivity index (χ4v) is 2.34. The van der Waals surface area contributed by atoms with Crippen molar-refractivity contribution in [1.82, 2.24) is 10.2 Å². The Labute approximate surface area is 138 Å². The molecule has 6 nitrogen and oxygen atoms in total. The normalized spacial score (nSPS) is 12.0. The summed E-state index contributed by atoms with van der Waals surface area (Å²) in [5, 5.41) is 2.77. The second-order valence-electron chi connectivity index (χ2n) is 5.68. The van der Waals surface area contributed by atoms with Crippen molar-refractivity contribution in [3.8, 4) is 0 Å². The molecule has 23 heavy (non-hydrogen) atoms. The maximum atomic E-state index is 12.8. The molecular weight excluding hydrogens is 296 g/mol. The smallest absolute Gasteiger partial charge is 0.257 e. The molecule has 0 radical (unpaired) electrons. The Kier molecular flexibility index (Phi) is 7.81. The van der Waals surface area contributed by atoms with Crippen molar-refractivity contribution in [2.75, 3.05) is 26.8 Å². The SMILES string of the molecule is CC[C@@H](C)N(CCC(=O)NCCOC)C(=O)c1cc(C)oc1C. The number of carbonyl (C=O) groups is 2. The highest BCUT2D eigenvalue weighted by molar-refractivity contribution is 5.95. The summed E-state index contributed by atoms with van der Waals surface area (Å²) in [5.74, 6) is 1.17. The lowest BCUT2D eigenvalue weighted by atomic mass is 10.1. The summed E-state index contributed by atoms with van der Waals surface area (Å²) < 4.78 is 10.3. The highest BCUT2D eigenvalue weighted by Gasteiger charge is 2.24. The molecule has 0 aromatic carbocycles. The van der Waals surface area contributed by atoms with Crippen LogP contribution in [-0.4, -0.2) is 49.6 Å². The lowest BCUT2D eigenvalue weighted by molar-refractivity contribution is -0.121. The molecule has 0 spiro atoms. The average molecular weight is 324 g/mol. The number of hydrogen-bond donors (Lipinski definition) is 1. The van der Waals surface area contributed by atoms with E-state index in [-0.39, 0.29) is 24.3 Å². The van der Waals surface area contributed by atoms with Crippen molar-refractivity contribution in [1.29, 1.82) is 0 Å². The molecule has 0 bridgehead atoms. The van der Waals surface area contributed by atoms with Crippen LogP contribution in [0.3, 0.4) is 0 Å². The molecule has 0 saturated heterocycles. The van der Waals surface area contributed by atoms with Gasteiger partial charge in [-0.1, -0.05) is 6.92 Å². The van der Waals surface area contributed by atoms with Crippen LogP contribution < -0.4 is 5.32 Å². The third-order valence-corrected chi connectivity index (χ3v) is 3.86. The molecule has 0 saturated carbocycles.